The van der Waals surface area contributed by atoms with Crippen LogP contribution in [0.5, 0.6) is 0 Å². The minimum absolute atomic E-state index is 0.115. The molecule has 110 valence electrons. The fourth-order valence-electron chi connectivity index (χ4n) is 2.91. The lowest BCUT2D eigenvalue weighted by molar-refractivity contribution is 0.0687. The van der Waals surface area contributed by atoms with E-state index in [1.54, 1.807) is 12.4 Å². The first-order chi connectivity index (χ1) is 9.76. The number of carbonyl (C=O) groups excluding carboxylic acids is 1. The first kappa shape index (κ1) is 14.8. The van der Waals surface area contributed by atoms with Crippen LogP contribution in [-0.4, -0.2) is 35.4 Å². The lowest BCUT2D eigenvalue weighted by Gasteiger charge is -2.32. The van der Waals surface area contributed by atoms with Gasteiger partial charge < -0.3 is 10.2 Å². The lowest BCUT2D eigenvalue weighted by Crippen LogP contribution is -2.38. The first-order valence-corrected chi connectivity index (χ1v) is 7.73. The average molecular weight is 275 g/mol. The molecule has 0 aliphatic carbocycles. The van der Waals surface area contributed by atoms with E-state index in [0.717, 1.165) is 44.1 Å². The Kier molecular flexibility index (Phi) is 5.39. The van der Waals surface area contributed by atoms with Gasteiger partial charge in [0.15, 0.2) is 0 Å². The van der Waals surface area contributed by atoms with Gasteiger partial charge in [-0.25, -0.2) is 0 Å². The standard InChI is InChI=1S/C16H25N3O/c1-3-5-13-7-10-19(11-8-13)16(20)14-12-17-9-6-15(14)18-4-2/h6,9,12-13H,3-5,7-8,10-11H2,1-2H3,(H,17,18). The lowest BCUT2D eigenvalue weighted by atomic mass is 9.92. The van der Waals surface area contributed by atoms with Crippen LogP contribution in [0.1, 0.15) is 49.9 Å². The number of anilines is 1. The molecule has 1 aromatic rings. The topological polar surface area (TPSA) is 45.2 Å². The number of aromatic nitrogens is 1. The van der Waals surface area contributed by atoms with Crippen molar-refractivity contribution in [1.29, 1.82) is 0 Å². The van der Waals surface area contributed by atoms with Crippen LogP contribution in [-0.2, 0) is 0 Å². The van der Waals surface area contributed by atoms with Crippen LogP contribution in [0.4, 0.5) is 5.69 Å². The van der Waals surface area contributed by atoms with Gasteiger partial charge in [0, 0.05) is 32.0 Å². The smallest absolute Gasteiger partial charge is 0.257 e. The Balaban J connectivity index is 2.02. The van der Waals surface area contributed by atoms with Crippen LogP contribution in [0.3, 0.4) is 0 Å². The summed E-state index contributed by atoms with van der Waals surface area (Å²) in [5, 5.41) is 3.24. The summed E-state index contributed by atoms with van der Waals surface area (Å²) in [5.41, 5.74) is 1.59. The van der Waals surface area contributed by atoms with Crippen molar-refractivity contribution in [1.82, 2.24) is 9.88 Å². The predicted octanol–water partition coefficient (Wildman–Crippen LogP) is 3.17. The van der Waals surface area contributed by atoms with Gasteiger partial charge in [0.25, 0.3) is 5.91 Å². The molecule has 1 aliphatic heterocycles. The van der Waals surface area contributed by atoms with Gasteiger partial charge in [0.05, 0.1) is 11.3 Å². The molecular formula is C16H25N3O. The van der Waals surface area contributed by atoms with Crippen molar-refractivity contribution < 1.29 is 4.79 Å². The van der Waals surface area contributed by atoms with Crippen molar-refractivity contribution in [2.75, 3.05) is 25.0 Å². The zero-order chi connectivity index (χ0) is 14.4. The van der Waals surface area contributed by atoms with Crippen molar-refractivity contribution in [3.63, 3.8) is 0 Å². The number of nitrogens with zero attached hydrogens (tertiary/aromatic N) is 2. The van der Waals surface area contributed by atoms with E-state index in [1.165, 1.54) is 12.8 Å². The molecule has 1 fully saturated rings. The molecule has 0 radical (unpaired) electrons. The number of rotatable bonds is 5. The molecule has 4 heteroatoms. The van der Waals surface area contributed by atoms with Crippen LogP contribution in [0.25, 0.3) is 0 Å². The van der Waals surface area contributed by atoms with Crippen LogP contribution in [0.15, 0.2) is 18.5 Å². The fourth-order valence-corrected chi connectivity index (χ4v) is 2.91. The first-order valence-electron chi connectivity index (χ1n) is 7.73. The van der Waals surface area contributed by atoms with Gasteiger partial charge in [-0.2, -0.15) is 0 Å². The summed E-state index contributed by atoms with van der Waals surface area (Å²) in [6.45, 7) is 6.83. The van der Waals surface area contributed by atoms with Gasteiger partial charge >= 0.3 is 0 Å². The third-order valence-electron chi connectivity index (χ3n) is 4.02. The summed E-state index contributed by atoms with van der Waals surface area (Å²) in [4.78, 5) is 18.7. The van der Waals surface area contributed by atoms with Crippen molar-refractivity contribution in [2.45, 2.75) is 39.5 Å². The number of carbonyl (C=O) groups is 1. The number of amides is 1. The number of nitrogens with one attached hydrogen (secondary N) is 1. The van der Waals surface area contributed by atoms with E-state index in [1.807, 2.05) is 17.9 Å². The molecule has 1 N–H and O–H groups in total. The van der Waals surface area contributed by atoms with E-state index in [2.05, 4.69) is 17.2 Å². The SMILES string of the molecule is CCCC1CCN(C(=O)c2cnccc2NCC)CC1. The maximum absolute atomic E-state index is 12.6. The Hall–Kier alpha value is -1.58. The molecule has 2 heterocycles. The normalized spacial score (nSPS) is 16.2. The average Bonchev–Trinajstić information content (AvgIpc) is 2.49. The molecule has 0 aromatic carbocycles. The second kappa shape index (κ2) is 7.27. The molecular weight excluding hydrogens is 250 g/mol. The molecule has 0 atom stereocenters. The van der Waals surface area contributed by atoms with Gasteiger partial charge in [-0.1, -0.05) is 19.8 Å². The summed E-state index contributed by atoms with van der Waals surface area (Å²) in [6.07, 6.45) is 8.21. The highest BCUT2D eigenvalue weighted by Gasteiger charge is 2.24. The van der Waals surface area contributed by atoms with Crippen molar-refractivity contribution in [3.05, 3.63) is 24.0 Å². The zero-order valence-electron chi connectivity index (χ0n) is 12.6. The van der Waals surface area contributed by atoms with Crippen molar-refractivity contribution in [3.8, 4) is 0 Å². The highest BCUT2D eigenvalue weighted by atomic mass is 16.2. The second-order valence-electron chi connectivity index (χ2n) is 5.48. The monoisotopic (exact) mass is 275 g/mol. The number of pyridine rings is 1. The molecule has 1 aromatic heterocycles. The van der Waals surface area contributed by atoms with Crippen LogP contribution in [0, 0.1) is 5.92 Å². The number of hydrogen-bond donors (Lipinski definition) is 1. The summed E-state index contributed by atoms with van der Waals surface area (Å²) in [7, 11) is 0. The maximum Gasteiger partial charge on any atom is 0.257 e. The Morgan fingerprint density at radius 1 is 1.40 bits per heavy atom. The Bertz CT molecular complexity index is 439. The van der Waals surface area contributed by atoms with E-state index < -0.39 is 0 Å². The quantitative estimate of drug-likeness (QED) is 0.897. The number of piperidine rings is 1. The van der Waals surface area contributed by atoms with Crippen LogP contribution in [0.2, 0.25) is 0 Å². The van der Waals surface area contributed by atoms with E-state index in [4.69, 9.17) is 0 Å². The minimum Gasteiger partial charge on any atom is -0.385 e. The fraction of sp³-hybridized carbons (Fsp3) is 0.625. The second-order valence-corrected chi connectivity index (χ2v) is 5.48. The largest absolute Gasteiger partial charge is 0.385 e. The molecule has 0 saturated carbocycles. The molecule has 1 aliphatic rings. The van der Waals surface area contributed by atoms with E-state index in [9.17, 15) is 4.79 Å². The van der Waals surface area contributed by atoms with Gasteiger partial charge in [-0.3, -0.25) is 9.78 Å². The third kappa shape index (κ3) is 3.50. The Morgan fingerprint density at radius 2 is 2.15 bits per heavy atom. The molecule has 1 amide bonds. The summed E-state index contributed by atoms with van der Waals surface area (Å²) in [5.74, 6) is 0.912. The van der Waals surface area contributed by atoms with Gasteiger partial charge in [0.1, 0.15) is 0 Å². The van der Waals surface area contributed by atoms with Crippen molar-refractivity contribution >= 4 is 11.6 Å². The molecule has 4 nitrogen and oxygen atoms in total. The predicted molar refractivity (Wildman–Crippen MR) is 81.9 cm³/mol. The summed E-state index contributed by atoms with van der Waals surface area (Å²) < 4.78 is 0. The highest BCUT2D eigenvalue weighted by molar-refractivity contribution is 5.99. The molecule has 0 spiro atoms. The number of likely N-dealkylation sites (tertiary alicyclic amines) is 1. The molecule has 1 saturated heterocycles. The van der Waals surface area contributed by atoms with E-state index in [0.29, 0.717) is 5.56 Å². The zero-order valence-corrected chi connectivity index (χ0v) is 12.6. The minimum atomic E-state index is 0.115. The maximum atomic E-state index is 12.6. The van der Waals surface area contributed by atoms with Gasteiger partial charge in [0.2, 0.25) is 0 Å². The number of hydrogen-bond acceptors (Lipinski definition) is 3. The van der Waals surface area contributed by atoms with Crippen molar-refractivity contribution in [2.24, 2.45) is 5.92 Å². The molecule has 2 rings (SSSR count). The summed E-state index contributed by atoms with van der Waals surface area (Å²) in [6, 6.07) is 1.88. The molecule has 0 unspecified atom stereocenters. The van der Waals surface area contributed by atoms with Crippen LogP contribution < -0.4 is 5.32 Å². The Morgan fingerprint density at radius 3 is 2.80 bits per heavy atom. The summed E-state index contributed by atoms with van der Waals surface area (Å²) >= 11 is 0. The molecule has 0 bridgehead atoms. The molecule has 20 heavy (non-hydrogen) atoms. The third-order valence-corrected chi connectivity index (χ3v) is 4.02. The van der Waals surface area contributed by atoms with Gasteiger partial charge in [-0.15, -0.1) is 0 Å². The Labute approximate surface area is 121 Å². The van der Waals surface area contributed by atoms with E-state index >= 15 is 0 Å². The van der Waals surface area contributed by atoms with Crippen LogP contribution >= 0.6 is 0 Å². The van der Waals surface area contributed by atoms with Gasteiger partial charge in [-0.05, 0) is 31.7 Å². The van der Waals surface area contributed by atoms with E-state index in [-0.39, 0.29) is 5.91 Å². The highest BCUT2D eigenvalue weighted by Crippen LogP contribution is 2.24.